The predicted molar refractivity (Wildman–Crippen MR) is 85.3 cm³/mol. The molecule has 1 aromatic carbocycles. The molecule has 2 heterocycles. The van der Waals surface area contributed by atoms with E-state index in [2.05, 4.69) is 25.5 Å². The average Bonchev–Trinajstić information content (AvgIpc) is 3.08. The van der Waals surface area contributed by atoms with E-state index in [0.717, 1.165) is 6.07 Å². The number of halogens is 2. The van der Waals surface area contributed by atoms with E-state index in [1.807, 2.05) is 0 Å². The van der Waals surface area contributed by atoms with Crippen molar-refractivity contribution in [2.24, 2.45) is 0 Å². The molecule has 0 aliphatic carbocycles. The summed E-state index contributed by atoms with van der Waals surface area (Å²) in [6.45, 7) is -0.0271. The highest BCUT2D eigenvalue weighted by Crippen LogP contribution is 2.18. The number of aromatic amines is 2. The first-order chi connectivity index (χ1) is 12.5. The van der Waals surface area contributed by atoms with Gasteiger partial charge in [0.1, 0.15) is 18.1 Å². The Hall–Kier alpha value is -3.56. The molecule has 0 aliphatic rings. The van der Waals surface area contributed by atoms with Crippen molar-refractivity contribution < 1.29 is 18.3 Å². The zero-order chi connectivity index (χ0) is 18.5. The summed E-state index contributed by atoms with van der Waals surface area (Å²) < 4.78 is 31.6. The van der Waals surface area contributed by atoms with Crippen molar-refractivity contribution in [3.63, 3.8) is 0 Å². The van der Waals surface area contributed by atoms with Crippen LogP contribution in [0.1, 0.15) is 21.9 Å². The maximum atomic E-state index is 13.5. The van der Waals surface area contributed by atoms with Crippen LogP contribution in [0.4, 0.5) is 8.78 Å². The van der Waals surface area contributed by atoms with Gasteiger partial charge in [0.15, 0.2) is 11.6 Å². The van der Waals surface area contributed by atoms with Crippen molar-refractivity contribution in [3.05, 3.63) is 75.7 Å². The highest BCUT2D eigenvalue weighted by Gasteiger charge is 2.12. The first kappa shape index (κ1) is 17.3. The van der Waals surface area contributed by atoms with Crippen LogP contribution in [0.5, 0.6) is 5.75 Å². The van der Waals surface area contributed by atoms with Gasteiger partial charge in [0.05, 0.1) is 24.3 Å². The molecular weight excluding hydrogens is 348 g/mol. The van der Waals surface area contributed by atoms with E-state index in [4.69, 9.17) is 4.74 Å². The lowest BCUT2D eigenvalue weighted by molar-refractivity contribution is 0.0945. The Labute approximate surface area is 145 Å². The number of nitrogens with one attached hydrogen (secondary N) is 3. The third kappa shape index (κ3) is 4.29. The van der Waals surface area contributed by atoms with Crippen LogP contribution in [0.15, 0.2) is 41.5 Å². The van der Waals surface area contributed by atoms with Crippen LogP contribution in [0.3, 0.4) is 0 Å². The second kappa shape index (κ2) is 7.55. The zero-order valence-electron chi connectivity index (χ0n) is 13.3. The van der Waals surface area contributed by atoms with Crippen LogP contribution in [0.25, 0.3) is 0 Å². The van der Waals surface area contributed by atoms with Crippen LogP contribution in [0, 0.1) is 11.6 Å². The summed E-state index contributed by atoms with van der Waals surface area (Å²) in [5.41, 5.74) is 0.589. The minimum absolute atomic E-state index is 0.0578. The van der Waals surface area contributed by atoms with Gasteiger partial charge in [0, 0.05) is 12.1 Å². The molecule has 0 saturated carbocycles. The second-order valence-electron chi connectivity index (χ2n) is 5.23. The molecule has 0 fully saturated rings. The van der Waals surface area contributed by atoms with Gasteiger partial charge < -0.3 is 15.0 Å². The molecule has 2 aromatic heterocycles. The predicted octanol–water partition coefficient (Wildman–Crippen LogP) is 1.28. The first-order valence-corrected chi connectivity index (χ1v) is 7.45. The number of aromatic nitrogens is 4. The van der Waals surface area contributed by atoms with E-state index in [9.17, 15) is 18.4 Å². The van der Waals surface area contributed by atoms with E-state index in [0.29, 0.717) is 17.5 Å². The SMILES string of the molecule is O=C(NCc1cc(=O)[nH]cn1)c1cc(COc2ccc(F)cc2F)[nH]n1. The number of hydrogen-bond acceptors (Lipinski definition) is 5. The third-order valence-electron chi connectivity index (χ3n) is 3.31. The third-order valence-corrected chi connectivity index (χ3v) is 3.31. The van der Waals surface area contributed by atoms with Gasteiger partial charge in [-0.15, -0.1) is 0 Å². The molecule has 0 aliphatic heterocycles. The summed E-state index contributed by atoms with van der Waals surface area (Å²) in [5.74, 6) is -2.13. The quantitative estimate of drug-likeness (QED) is 0.612. The van der Waals surface area contributed by atoms with E-state index in [1.165, 1.54) is 24.5 Å². The first-order valence-electron chi connectivity index (χ1n) is 7.45. The molecule has 26 heavy (non-hydrogen) atoms. The van der Waals surface area contributed by atoms with Crippen LogP contribution in [-0.2, 0) is 13.2 Å². The van der Waals surface area contributed by atoms with Gasteiger partial charge in [0.25, 0.3) is 11.5 Å². The van der Waals surface area contributed by atoms with Crippen molar-refractivity contribution in [2.45, 2.75) is 13.2 Å². The maximum Gasteiger partial charge on any atom is 0.272 e. The lowest BCUT2D eigenvalue weighted by atomic mass is 10.3. The normalized spacial score (nSPS) is 10.5. The molecule has 0 unspecified atom stereocenters. The average molecular weight is 361 g/mol. The van der Waals surface area contributed by atoms with Crippen molar-refractivity contribution in [3.8, 4) is 5.75 Å². The number of rotatable bonds is 6. The summed E-state index contributed by atoms with van der Waals surface area (Å²) in [5, 5.41) is 8.99. The van der Waals surface area contributed by atoms with Crippen LogP contribution >= 0.6 is 0 Å². The molecule has 134 valence electrons. The molecule has 3 rings (SSSR count). The maximum absolute atomic E-state index is 13.5. The van der Waals surface area contributed by atoms with Gasteiger partial charge in [-0.2, -0.15) is 5.10 Å². The smallest absolute Gasteiger partial charge is 0.272 e. The molecular formula is C16H13F2N5O3. The summed E-state index contributed by atoms with van der Waals surface area (Å²) in [7, 11) is 0. The van der Waals surface area contributed by atoms with Gasteiger partial charge in [0.2, 0.25) is 0 Å². The number of H-pyrrole nitrogens is 2. The fourth-order valence-electron chi connectivity index (χ4n) is 2.07. The number of amides is 1. The number of hydrogen-bond donors (Lipinski definition) is 3. The molecule has 0 spiro atoms. The minimum atomic E-state index is -0.826. The van der Waals surface area contributed by atoms with E-state index in [1.54, 1.807) is 0 Å². The van der Waals surface area contributed by atoms with E-state index in [-0.39, 0.29) is 30.2 Å². The van der Waals surface area contributed by atoms with Crippen molar-refractivity contribution in [1.82, 2.24) is 25.5 Å². The van der Waals surface area contributed by atoms with Gasteiger partial charge in [-0.05, 0) is 18.2 Å². The number of ether oxygens (including phenoxy) is 1. The number of benzene rings is 1. The molecule has 0 saturated heterocycles. The van der Waals surface area contributed by atoms with Gasteiger partial charge >= 0.3 is 0 Å². The largest absolute Gasteiger partial charge is 0.484 e. The molecule has 3 N–H and O–H groups in total. The Morgan fingerprint density at radius 3 is 2.85 bits per heavy atom. The summed E-state index contributed by atoms with van der Waals surface area (Å²) in [6, 6.07) is 5.66. The molecule has 0 atom stereocenters. The van der Waals surface area contributed by atoms with Gasteiger partial charge in [-0.3, -0.25) is 14.7 Å². The molecule has 0 bridgehead atoms. The van der Waals surface area contributed by atoms with Gasteiger partial charge in [-0.1, -0.05) is 0 Å². The fourth-order valence-corrected chi connectivity index (χ4v) is 2.07. The fraction of sp³-hybridized carbons (Fsp3) is 0.125. The van der Waals surface area contributed by atoms with Crippen molar-refractivity contribution in [2.75, 3.05) is 0 Å². The molecule has 1 amide bonds. The Morgan fingerprint density at radius 1 is 1.23 bits per heavy atom. The lowest BCUT2D eigenvalue weighted by Crippen LogP contribution is -2.24. The van der Waals surface area contributed by atoms with E-state index >= 15 is 0 Å². The summed E-state index contributed by atoms with van der Waals surface area (Å²) in [6.07, 6.45) is 1.24. The highest BCUT2D eigenvalue weighted by molar-refractivity contribution is 5.92. The minimum Gasteiger partial charge on any atom is -0.484 e. The Morgan fingerprint density at radius 2 is 2.08 bits per heavy atom. The second-order valence-corrected chi connectivity index (χ2v) is 5.23. The molecule has 0 radical (unpaired) electrons. The van der Waals surface area contributed by atoms with E-state index < -0.39 is 17.5 Å². The van der Waals surface area contributed by atoms with Crippen LogP contribution in [-0.4, -0.2) is 26.1 Å². The molecule has 8 nitrogen and oxygen atoms in total. The lowest BCUT2D eigenvalue weighted by Gasteiger charge is -2.05. The topological polar surface area (TPSA) is 113 Å². The van der Waals surface area contributed by atoms with Gasteiger partial charge in [-0.25, -0.2) is 13.8 Å². The van der Waals surface area contributed by atoms with Crippen LogP contribution in [0.2, 0.25) is 0 Å². The Kier molecular flexibility index (Phi) is 5.02. The molecule has 3 aromatic rings. The number of carbonyl (C=O) groups is 1. The Bertz CT molecular complexity index is 986. The summed E-state index contributed by atoms with van der Waals surface area (Å²) >= 11 is 0. The Balaban J connectivity index is 1.56. The highest BCUT2D eigenvalue weighted by atomic mass is 19.1. The number of carbonyl (C=O) groups excluding carboxylic acids is 1. The van der Waals surface area contributed by atoms with Crippen molar-refractivity contribution >= 4 is 5.91 Å². The zero-order valence-corrected chi connectivity index (χ0v) is 13.3. The molecule has 10 heteroatoms. The monoisotopic (exact) mass is 361 g/mol. The number of nitrogens with zero attached hydrogens (tertiary/aromatic N) is 2. The standard InChI is InChI=1S/C16H13F2N5O3/c17-9-1-2-14(12(18)3-9)26-7-11-4-13(23-22-11)16(25)19-6-10-5-15(24)21-8-20-10/h1-5,8H,6-7H2,(H,19,25)(H,22,23)(H,20,21,24). The summed E-state index contributed by atoms with van der Waals surface area (Å²) in [4.78, 5) is 29.5. The van der Waals surface area contributed by atoms with Crippen molar-refractivity contribution in [1.29, 1.82) is 0 Å². The van der Waals surface area contributed by atoms with Crippen LogP contribution < -0.4 is 15.6 Å².